The molecule has 0 aliphatic rings. The molecule has 1 aromatic rings. The molecule has 1 rings (SSSR count). The van der Waals surface area contributed by atoms with Gasteiger partial charge in [-0.3, -0.25) is 0 Å². The van der Waals surface area contributed by atoms with Crippen LogP contribution < -0.4 is 5.32 Å². The maximum Gasteiger partial charge on any atom is 0.416 e. The highest BCUT2D eigenvalue weighted by molar-refractivity contribution is 5.31. The van der Waals surface area contributed by atoms with Crippen LogP contribution in [0.2, 0.25) is 0 Å². The van der Waals surface area contributed by atoms with Gasteiger partial charge in [-0.15, -0.1) is 0 Å². The molecule has 84 valence electrons. The Morgan fingerprint density at radius 2 is 1.73 bits per heavy atom. The van der Waals surface area contributed by atoms with Crippen LogP contribution in [0.1, 0.15) is 16.7 Å². The Kier molecular flexibility index (Phi) is 3.68. The van der Waals surface area contributed by atoms with E-state index >= 15 is 0 Å². The van der Waals surface area contributed by atoms with E-state index in [1.807, 2.05) is 0 Å². The lowest BCUT2D eigenvalue weighted by Gasteiger charge is -2.10. The molecule has 0 aromatic heterocycles. The van der Waals surface area contributed by atoms with E-state index in [-0.39, 0.29) is 12.1 Å². The van der Waals surface area contributed by atoms with E-state index in [0.717, 1.165) is 12.1 Å². The maximum absolute atomic E-state index is 12.4. The zero-order chi connectivity index (χ0) is 11.5. The molecule has 0 fully saturated rings. The van der Waals surface area contributed by atoms with Gasteiger partial charge in [0.25, 0.3) is 0 Å². The monoisotopic (exact) mass is 221 g/mol. The second-order valence-electron chi connectivity index (χ2n) is 3.20. The maximum atomic E-state index is 12.4. The third kappa shape index (κ3) is 3.20. The van der Waals surface area contributed by atoms with Gasteiger partial charge >= 0.3 is 6.18 Å². The van der Waals surface area contributed by atoms with Crippen LogP contribution in [0.3, 0.4) is 0 Å². The van der Waals surface area contributed by atoms with E-state index in [1.54, 1.807) is 7.05 Å². The van der Waals surface area contributed by atoms with Crippen LogP contribution >= 0.6 is 0 Å². The first-order valence-electron chi connectivity index (χ1n) is 4.38. The highest BCUT2D eigenvalue weighted by Crippen LogP contribution is 2.30. The van der Waals surface area contributed by atoms with Gasteiger partial charge in [0.2, 0.25) is 0 Å². The standard InChI is InChI=1S/C10H11F4N/c1-15-6-8-2-7(5-11)3-9(4-8)10(12,13)14/h2-4,15H,5-6H2,1H3. The second-order valence-corrected chi connectivity index (χ2v) is 3.20. The Bertz CT molecular complexity index is 333. The molecule has 0 saturated heterocycles. The smallest absolute Gasteiger partial charge is 0.316 e. The van der Waals surface area contributed by atoms with Gasteiger partial charge in [-0.2, -0.15) is 13.2 Å². The first kappa shape index (κ1) is 12.0. The van der Waals surface area contributed by atoms with Gasteiger partial charge in [-0.25, -0.2) is 4.39 Å². The molecule has 5 heteroatoms. The average molecular weight is 221 g/mol. The van der Waals surface area contributed by atoms with Gasteiger partial charge in [-0.1, -0.05) is 6.07 Å². The van der Waals surface area contributed by atoms with E-state index in [4.69, 9.17) is 0 Å². The lowest BCUT2D eigenvalue weighted by atomic mass is 10.1. The Hall–Kier alpha value is -1.10. The van der Waals surface area contributed by atoms with Crippen molar-refractivity contribution in [3.63, 3.8) is 0 Å². The van der Waals surface area contributed by atoms with Crippen molar-refractivity contribution in [3.8, 4) is 0 Å². The zero-order valence-corrected chi connectivity index (χ0v) is 8.16. The van der Waals surface area contributed by atoms with E-state index < -0.39 is 18.4 Å². The molecule has 0 spiro atoms. The molecule has 0 heterocycles. The topological polar surface area (TPSA) is 12.0 Å². The first-order chi connectivity index (χ1) is 6.97. The van der Waals surface area contributed by atoms with Crippen molar-refractivity contribution in [1.29, 1.82) is 0 Å². The highest BCUT2D eigenvalue weighted by Gasteiger charge is 2.31. The minimum atomic E-state index is -4.42. The summed E-state index contributed by atoms with van der Waals surface area (Å²) in [7, 11) is 1.62. The lowest BCUT2D eigenvalue weighted by Crippen LogP contribution is -2.10. The van der Waals surface area contributed by atoms with Crippen LogP contribution in [0.5, 0.6) is 0 Å². The van der Waals surface area contributed by atoms with Crippen LogP contribution in [-0.2, 0) is 19.4 Å². The van der Waals surface area contributed by atoms with Crippen LogP contribution in [0.4, 0.5) is 17.6 Å². The molecule has 1 N–H and O–H groups in total. The van der Waals surface area contributed by atoms with E-state index in [0.29, 0.717) is 5.56 Å². The molecule has 1 nitrogen and oxygen atoms in total. The largest absolute Gasteiger partial charge is 0.416 e. The van der Waals surface area contributed by atoms with Gasteiger partial charge in [0.1, 0.15) is 6.67 Å². The van der Waals surface area contributed by atoms with Gasteiger partial charge in [0.05, 0.1) is 5.56 Å². The predicted molar refractivity (Wildman–Crippen MR) is 49.0 cm³/mol. The Balaban J connectivity index is 3.11. The first-order valence-corrected chi connectivity index (χ1v) is 4.38. The molecule has 0 amide bonds. The molecule has 15 heavy (non-hydrogen) atoms. The van der Waals surface area contributed by atoms with Gasteiger partial charge < -0.3 is 5.32 Å². The molecule has 0 atom stereocenters. The summed E-state index contributed by atoms with van der Waals surface area (Å²) in [5.74, 6) is 0. The second kappa shape index (κ2) is 4.61. The SMILES string of the molecule is CNCc1cc(CF)cc(C(F)(F)F)c1. The van der Waals surface area contributed by atoms with Crippen molar-refractivity contribution in [2.24, 2.45) is 0 Å². The minimum absolute atomic E-state index is 0.0510. The molecular weight excluding hydrogens is 210 g/mol. The number of hydrogen-bond acceptors (Lipinski definition) is 1. The number of hydrogen-bond donors (Lipinski definition) is 1. The van der Waals surface area contributed by atoms with Crippen molar-refractivity contribution in [1.82, 2.24) is 5.32 Å². The fourth-order valence-corrected chi connectivity index (χ4v) is 1.31. The summed E-state index contributed by atoms with van der Waals surface area (Å²) in [4.78, 5) is 0. The predicted octanol–water partition coefficient (Wildman–Crippen LogP) is 2.89. The molecule has 0 bridgehead atoms. The van der Waals surface area contributed by atoms with E-state index in [1.165, 1.54) is 6.07 Å². The fraction of sp³-hybridized carbons (Fsp3) is 0.400. The van der Waals surface area contributed by atoms with Crippen molar-refractivity contribution >= 4 is 0 Å². The normalized spacial score (nSPS) is 11.8. The number of rotatable bonds is 3. The molecule has 1 aromatic carbocycles. The molecular formula is C10H11F4N. The minimum Gasteiger partial charge on any atom is -0.316 e. The number of nitrogens with one attached hydrogen (secondary N) is 1. The average Bonchev–Trinajstić information content (AvgIpc) is 2.16. The van der Waals surface area contributed by atoms with Crippen molar-refractivity contribution < 1.29 is 17.6 Å². The molecule has 0 radical (unpaired) electrons. The van der Waals surface area contributed by atoms with Crippen molar-refractivity contribution in [2.45, 2.75) is 19.4 Å². The summed E-state index contributed by atoms with van der Waals surface area (Å²) in [6.45, 7) is -0.600. The van der Waals surface area contributed by atoms with Gasteiger partial charge in [0, 0.05) is 6.54 Å². The van der Waals surface area contributed by atoms with E-state index in [2.05, 4.69) is 5.32 Å². The quantitative estimate of drug-likeness (QED) is 0.774. The summed E-state index contributed by atoms with van der Waals surface area (Å²) in [5, 5.41) is 2.72. The number of halogens is 4. The Morgan fingerprint density at radius 3 is 2.20 bits per heavy atom. The van der Waals surface area contributed by atoms with Crippen LogP contribution in [0.15, 0.2) is 18.2 Å². The van der Waals surface area contributed by atoms with Crippen molar-refractivity contribution in [3.05, 3.63) is 34.9 Å². The fourth-order valence-electron chi connectivity index (χ4n) is 1.31. The third-order valence-corrected chi connectivity index (χ3v) is 1.92. The molecule has 0 aliphatic carbocycles. The molecule has 0 aliphatic heterocycles. The van der Waals surface area contributed by atoms with Crippen LogP contribution in [-0.4, -0.2) is 7.05 Å². The van der Waals surface area contributed by atoms with Gasteiger partial charge in [0.15, 0.2) is 0 Å². The zero-order valence-electron chi connectivity index (χ0n) is 8.16. The summed E-state index contributed by atoms with van der Waals surface area (Å²) in [5.41, 5.74) is -0.321. The van der Waals surface area contributed by atoms with Gasteiger partial charge in [-0.05, 0) is 30.3 Å². The van der Waals surface area contributed by atoms with Crippen LogP contribution in [0.25, 0.3) is 0 Å². The summed E-state index contributed by atoms with van der Waals surface area (Å²) >= 11 is 0. The third-order valence-electron chi connectivity index (χ3n) is 1.92. The molecule has 0 unspecified atom stereocenters. The summed E-state index contributed by atoms with van der Waals surface area (Å²) in [6.07, 6.45) is -4.42. The van der Waals surface area contributed by atoms with E-state index in [9.17, 15) is 17.6 Å². The Labute approximate surface area is 85.1 Å². The van der Waals surface area contributed by atoms with Crippen LogP contribution in [0, 0.1) is 0 Å². The highest BCUT2D eigenvalue weighted by atomic mass is 19.4. The number of alkyl halides is 4. The van der Waals surface area contributed by atoms with Crippen molar-refractivity contribution in [2.75, 3.05) is 7.05 Å². The Morgan fingerprint density at radius 1 is 1.13 bits per heavy atom. The number of benzene rings is 1. The summed E-state index contributed by atoms with van der Waals surface area (Å²) in [6, 6.07) is 3.28. The summed E-state index contributed by atoms with van der Waals surface area (Å²) < 4.78 is 49.5. The lowest BCUT2D eigenvalue weighted by molar-refractivity contribution is -0.137. The molecule has 0 saturated carbocycles.